The van der Waals surface area contributed by atoms with Gasteiger partial charge in [0.25, 0.3) is 0 Å². The van der Waals surface area contributed by atoms with E-state index in [4.69, 9.17) is 22.9 Å². The van der Waals surface area contributed by atoms with Crippen LogP contribution in [0.25, 0.3) is 0 Å². The second-order valence-electron chi connectivity index (χ2n) is 8.46. The molecular weight excluding hydrogens is 520 g/mol. The zero-order valence-electron chi connectivity index (χ0n) is 21.0. The molecule has 0 fully saturated rings. The van der Waals surface area contributed by atoms with Gasteiger partial charge in [0.1, 0.15) is 18.1 Å². The summed E-state index contributed by atoms with van der Waals surface area (Å²) in [5.41, 5.74) is 22.1. The van der Waals surface area contributed by atoms with Crippen LogP contribution in [0.1, 0.15) is 37.8 Å². The minimum atomic E-state index is -1.72. The van der Waals surface area contributed by atoms with Crippen molar-refractivity contribution >= 4 is 41.5 Å². The predicted octanol–water partition coefficient (Wildman–Crippen LogP) is -4.39. The van der Waals surface area contributed by atoms with Crippen LogP contribution in [0.4, 0.5) is 0 Å². The largest absolute Gasteiger partial charge is 0.481 e. The molecule has 14 N–H and O–H groups in total. The highest BCUT2D eigenvalue weighted by Crippen LogP contribution is 2.05. The number of imidazole rings is 1. The quantitative estimate of drug-likeness (QED) is 0.0467. The van der Waals surface area contributed by atoms with Crippen molar-refractivity contribution in [2.45, 2.75) is 62.7 Å². The van der Waals surface area contributed by atoms with E-state index in [-0.39, 0.29) is 44.6 Å². The van der Waals surface area contributed by atoms with Gasteiger partial charge in [0.05, 0.1) is 18.8 Å². The number of hydrogen-bond donors (Lipinski definition) is 10. The summed E-state index contributed by atoms with van der Waals surface area (Å²) < 4.78 is 0. The highest BCUT2D eigenvalue weighted by molar-refractivity contribution is 5.95. The molecule has 18 nitrogen and oxygen atoms in total. The molecule has 0 aliphatic carbocycles. The Kier molecular flexibility index (Phi) is 13.4. The first-order valence-electron chi connectivity index (χ1n) is 11.7. The lowest BCUT2D eigenvalue weighted by Crippen LogP contribution is -2.57. The zero-order chi connectivity index (χ0) is 29.5. The predicted molar refractivity (Wildman–Crippen MR) is 134 cm³/mol. The van der Waals surface area contributed by atoms with Gasteiger partial charge < -0.3 is 54.1 Å². The van der Waals surface area contributed by atoms with Crippen molar-refractivity contribution in [3.8, 4) is 0 Å². The van der Waals surface area contributed by atoms with Crippen LogP contribution in [0, 0.1) is 0 Å². The minimum absolute atomic E-state index is 0.0249. The van der Waals surface area contributed by atoms with Gasteiger partial charge in [-0.25, -0.2) is 9.78 Å². The molecular formula is C21H34N10O8. The molecule has 0 aliphatic rings. The molecule has 0 aromatic carbocycles. The van der Waals surface area contributed by atoms with Crippen LogP contribution in [0.2, 0.25) is 0 Å². The van der Waals surface area contributed by atoms with Crippen LogP contribution < -0.4 is 38.9 Å². The third-order valence-electron chi connectivity index (χ3n) is 5.22. The smallest absolute Gasteiger partial charge is 0.326 e. The van der Waals surface area contributed by atoms with E-state index in [0.29, 0.717) is 5.69 Å². The van der Waals surface area contributed by atoms with Gasteiger partial charge in [0.2, 0.25) is 23.6 Å². The summed E-state index contributed by atoms with van der Waals surface area (Å²) in [7, 11) is 0. The standard InChI is InChI=1S/C21H34N10O8/c22-11(6-10-8-26-9-28-10)17(35)29-12(2-1-5-27-21(24)25)18(36)31-14(7-16(33)34)19(37)30-13(20(38)39)3-4-15(23)32/h8-9,11-14H,1-7,22H2,(H2,23,32)(H,26,28)(H,29,35)(H,30,37)(H,31,36)(H,33,34)(H,38,39)(H4,24,25,27). The molecule has 39 heavy (non-hydrogen) atoms. The van der Waals surface area contributed by atoms with Crippen LogP contribution in [0.15, 0.2) is 17.5 Å². The summed E-state index contributed by atoms with van der Waals surface area (Å²) >= 11 is 0. The molecule has 0 saturated heterocycles. The Balaban J connectivity index is 3.02. The number of aromatic nitrogens is 2. The fourth-order valence-electron chi connectivity index (χ4n) is 3.25. The van der Waals surface area contributed by atoms with Crippen LogP contribution in [0.3, 0.4) is 0 Å². The van der Waals surface area contributed by atoms with E-state index in [9.17, 15) is 39.0 Å². The van der Waals surface area contributed by atoms with Crippen LogP contribution in [0.5, 0.6) is 0 Å². The lowest BCUT2D eigenvalue weighted by atomic mass is 10.1. The molecule has 1 heterocycles. The Hall–Kier alpha value is -4.74. The number of aromatic amines is 1. The van der Waals surface area contributed by atoms with Crippen LogP contribution in [-0.4, -0.2) is 92.4 Å². The fourth-order valence-corrected chi connectivity index (χ4v) is 3.25. The maximum atomic E-state index is 13.1. The Morgan fingerprint density at radius 3 is 2.08 bits per heavy atom. The van der Waals surface area contributed by atoms with E-state index in [1.54, 1.807) is 0 Å². The number of rotatable bonds is 18. The SMILES string of the molecule is NC(=O)CCC(NC(=O)C(CC(=O)O)NC(=O)C(CCCN=C(N)N)NC(=O)C(N)Cc1cnc[nH]1)C(=O)O. The van der Waals surface area contributed by atoms with Crippen molar-refractivity contribution < 1.29 is 39.0 Å². The van der Waals surface area contributed by atoms with Crippen molar-refractivity contribution in [2.75, 3.05) is 6.54 Å². The van der Waals surface area contributed by atoms with Crippen molar-refractivity contribution in [3.63, 3.8) is 0 Å². The monoisotopic (exact) mass is 554 g/mol. The number of primary amides is 1. The Morgan fingerprint density at radius 1 is 0.923 bits per heavy atom. The van der Waals surface area contributed by atoms with E-state index < -0.39 is 66.2 Å². The summed E-state index contributed by atoms with van der Waals surface area (Å²) in [4.78, 5) is 82.6. The topological polar surface area (TPSA) is 324 Å². The lowest BCUT2D eigenvalue weighted by molar-refractivity contribution is -0.143. The molecule has 4 unspecified atom stereocenters. The Labute approximate surface area is 222 Å². The third-order valence-corrected chi connectivity index (χ3v) is 5.22. The number of nitrogens with two attached hydrogens (primary N) is 4. The van der Waals surface area contributed by atoms with Gasteiger partial charge in [-0.05, 0) is 19.3 Å². The third kappa shape index (κ3) is 12.9. The fraction of sp³-hybridized carbons (Fsp3) is 0.524. The highest BCUT2D eigenvalue weighted by Gasteiger charge is 2.31. The number of nitrogens with one attached hydrogen (secondary N) is 4. The molecule has 0 spiro atoms. The van der Waals surface area contributed by atoms with Crippen molar-refractivity contribution in [3.05, 3.63) is 18.2 Å². The first-order chi connectivity index (χ1) is 18.3. The summed E-state index contributed by atoms with van der Waals surface area (Å²) in [5, 5.41) is 25.3. The van der Waals surface area contributed by atoms with Gasteiger partial charge in [-0.3, -0.25) is 29.0 Å². The highest BCUT2D eigenvalue weighted by atomic mass is 16.4. The van der Waals surface area contributed by atoms with Crippen LogP contribution in [-0.2, 0) is 35.2 Å². The summed E-state index contributed by atoms with van der Waals surface area (Å²) in [6.45, 7) is 0.0986. The lowest BCUT2D eigenvalue weighted by Gasteiger charge is -2.24. The number of carboxylic acid groups (broad SMARTS) is 2. The molecule has 0 saturated carbocycles. The number of carbonyl (C=O) groups is 6. The first kappa shape index (κ1) is 32.3. The Bertz CT molecular complexity index is 1040. The van der Waals surface area contributed by atoms with Gasteiger partial charge >= 0.3 is 11.9 Å². The van der Waals surface area contributed by atoms with Crippen molar-refractivity contribution in [2.24, 2.45) is 27.9 Å². The minimum Gasteiger partial charge on any atom is -0.481 e. The van der Waals surface area contributed by atoms with Gasteiger partial charge in [-0.1, -0.05) is 0 Å². The zero-order valence-corrected chi connectivity index (χ0v) is 21.0. The van der Waals surface area contributed by atoms with E-state index >= 15 is 0 Å². The van der Waals surface area contributed by atoms with Crippen molar-refractivity contribution in [1.82, 2.24) is 25.9 Å². The Morgan fingerprint density at radius 2 is 1.54 bits per heavy atom. The number of carbonyl (C=O) groups excluding carboxylic acids is 4. The van der Waals surface area contributed by atoms with Crippen LogP contribution >= 0.6 is 0 Å². The number of aliphatic imine (C=N–C) groups is 1. The molecule has 4 atom stereocenters. The number of H-pyrrole nitrogens is 1. The second kappa shape index (κ2) is 16.2. The number of guanidine groups is 1. The number of carboxylic acids is 2. The average Bonchev–Trinajstić information content (AvgIpc) is 3.35. The summed E-state index contributed by atoms with van der Waals surface area (Å²) in [6.07, 6.45) is 1.48. The summed E-state index contributed by atoms with van der Waals surface area (Å²) in [6, 6.07) is -5.66. The van der Waals surface area contributed by atoms with E-state index in [1.807, 2.05) is 0 Å². The first-order valence-corrected chi connectivity index (χ1v) is 11.7. The van der Waals surface area contributed by atoms with Gasteiger partial charge in [-0.15, -0.1) is 0 Å². The van der Waals surface area contributed by atoms with Gasteiger partial charge in [-0.2, -0.15) is 0 Å². The normalized spacial score (nSPS) is 13.7. The molecule has 1 aromatic rings. The molecule has 1 rings (SSSR count). The van der Waals surface area contributed by atoms with E-state index in [2.05, 4.69) is 30.9 Å². The van der Waals surface area contributed by atoms with E-state index in [1.165, 1.54) is 12.5 Å². The maximum Gasteiger partial charge on any atom is 0.326 e. The number of hydrogen-bond acceptors (Lipinski definition) is 9. The van der Waals surface area contributed by atoms with E-state index in [0.717, 1.165) is 0 Å². The maximum absolute atomic E-state index is 13.1. The van der Waals surface area contributed by atoms with Gasteiger partial charge in [0.15, 0.2) is 5.96 Å². The molecule has 216 valence electrons. The second-order valence-corrected chi connectivity index (χ2v) is 8.46. The number of amides is 4. The molecule has 4 amide bonds. The molecule has 18 heteroatoms. The molecule has 0 bridgehead atoms. The summed E-state index contributed by atoms with van der Waals surface area (Å²) in [5.74, 6) is -6.77. The molecule has 0 radical (unpaired) electrons. The van der Waals surface area contributed by atoms with Gasteiger partial charge in [0, 0.05) is 31.3 Å². The average molecular weight is 555 g/mol. The van der Waals surface area contributed by atoms with Crippen molar-refractivity contribution in [1.29, 1.82) is 0 Å². The molecule has 0 aliphatic heterocycles. The number of nitrogens with zero attached hydrogens (tertiary/aromatic N) is 2. The molecule has 1 aromatic heterocycles. The number of aliphatic carboxylic acids is 2.